The van der Waals surface area contributed by atoms with Crippen molar-refractivity contribution in [1.82, 2.24) is 4.98 Å². The lowest BCUT2D eigenvalue weighted by Gasteiger charge is -2.22. The van der Waals surface area contributed by atoms with E-state index in [0.29, 0.717) is 21.3 Å². The molecule has 1 heterocycles. The zero-order chi connectivity index (χ0) is 23.6. The van der Waals surface area contributed by atoms with E-state index in [1.807, 2.05) is 0 Å². The second-order valence-electron chi connectivity index (χ2n) is 8.08. The maximum atomic E-state index is 12.3. The van der Waals surface area contributed by atoms with Gasteiger partial charge in [-0.1, -0.05) is 29.0 Å². The van der Waals surface area contributed by atoms with Crippen LogP contribution in [-0.2, 0) is 24.2 Å². The number of anilines is 1. The molecule has 1 aromatic heterocycles. The highest BCUT2D eigenvalue weighted by Crippen LogP contribution is 2.35. The third-order valence-corrected chi connectivity index (χ3v) is 6.73. The summed E-state index contributed by atoms with van der Waals surface area (Å²) in [7, 11) is -3.49. The first-order valence-corrected chi connectivity index (χ1v) is 12.5. The lowest BCUT2D eigenvalue weighted by atomic mass is 10.1. The van der Waals surface area contributed by atoms with E-state index in [2.05, 4.69) is 10.3 Å². The van der Waals surface area contributed by atoms with Gasteiger partial charge in [0.15, 0.2) is 15.0 Å². The molecule has 0 aliphatic heterocycles. The van der Waals surface area contributed by atoms with E-state index >= 15 is 0 Å². The number of esters is 1. The molecule has 0 fully saturated rings. The van der Waals surface area contributed by atoms with Crippen LogP contribution in [0.5, 0.6) is 0 Å². The number of nitrogens with one attached hydrogen (secondary N) is 1. The monoisotopic (exact) mass is 487 g/mol. The molecule has 0 bridgehead atoms. The standard InChI is InChI=1S/C20H26ClN3O5S2/c1-11-17(12-6-7-13(21)15(10-12)31(5,27)28)30-19(23-11)24-16(25)9-8-14(22)18(26)29-20(2,3)4/h6-7,10,14H,8-9,22H2,1-5H3,(H,23,24,25)/t14-/m1/s1. The van der Waals surface area contributed by atoms with Crippen LogP contribution in [0.25, 0.3) is 10.4 Å². The fourth-order valence-electron chi connectivity index (χ4n) is 2.61. The molecule has 2 rings (SSSR count). The molecule has 31 heavy (non-hydrogen) atoms. The zero-order valence-corrected chi connectivity index (χ0v) is 20.4. The molecular formula is C20H26ClN3O5S2. The van der Waals surface area contributed by atoms with E-state index in [9.17, 15) is 18.0 Å². The van der Waals surface area contributed by atoms with Crippen molar-refractivity contribution in [3.63, 3.8) is 0 Å². The predicted molar refractivity (Wildman–Crippen MR) is 122 cm³/mol. The van der Waals surface area contributed by atoms with Gasteiger partial charge in [-0.2, -0.15) is 0 Å². The number of benzene rings is 1. The Labute approximate surface area is 191 Å². The Morgan fingerprint density at radius 3 is 2.55 bits per heavy atom. The molecule has 0 aliphatic rings. The third-order valence-electron chi connectivity index (χ3n) is 4.03. The number of nitrogens with two attached hydrogens (primary N) is 1. The number of rotatable bonds is 7. The number of aromatic nitrogens is 1. The van der Waals surface area contributed by atoms with Gasteiger partial charge in [0.25, 0.3) is 0 Å². The summed E-state index contributed by atoms with van der Waals surface area (Å²) in [5.41, 5.74) is 6.42. The van der Waals surface area contributed by atoms with Gasteiger partial charge < -0.3 is 15.8 Å². The molecular weight excluding hydrogens is 462 g/mol. The van der Waals surface area contributed by atoms with Crippen molar-refractivity contribution in [2.75, 3.05) is 11.6 Å². The van der Waals surface area contributed by atoms with Gasteiger partial charge in [-0.15, -0.1) is 0 Å². The topological polar surface area (TPSA) is 128 Å². The zero-order valence-electron chi connectivity index (χ0n) is 18.0. The summed E-state index contributed by atoms with van der Waals surface area (Å²) in [5, 5.41) is 3.19. The Balaban J connectivity index is 2.07. The van der Waals surface area contributed by atoms with Gasteiger partial charge in [-0.05, 0) is 51.8 Å². The van der Waals surface area contributed by atoms with Crippen molar-refractivity contribution >= 4 is 49.8 Å². The molecule has 2 aromatic rings. The average molecular weight is 488 g/mol. The first kappa shape index (κ1) is 25.3. The molecule has 0 saturated heterocycles. The first-order chi connectivity index (χ1) is 14.2. The van der Waals surface area contributed by atoms with Crippen molar-refractivity contribution in [2.24, 2.45) is 5.73 Å². The van der Waals surface area contributed by atoms with E-state index in [4.69, 9.17) is 22.1 Å². The molecule has 8 nitrogen and oxygen atoms in total. The van der Waals surface area contributed by atoms with Crippen LogP contribution in [0.3, 0.4) is 0 Å². The Kier molecular flexibility index (Phi) is 7.85. The van der Waals surface area contributed by atoms with Crippen LogP contribution in [0.4, 0.5) is 5.13 Å². The Hall–Kier alpha value is -2.01. The molecule has 0 saturated carbocycles. The fourth-order valence-corrected chi connectivity index (χ4v) is 4.89. The lowest BCUT2D eigenvalue weighted by Crippen LogP contribution is -2.37. The van der Waals surface area contributed by atoms with Gasteiger partial charge in [-0.25, -0.2) is 13.4 Å². The molecule has 0 radical (unpaired) electrons. The highest BCUT2D eigenvalue weighted by Gasteiger charge is 2.23. The number of amides is 1. The summed E-state index contributed by atoms with van der Waals surface area (Å²) in [6, 6.07) is 3.80. The van der Waals surface area contributed by atoms with E-state index in [1.165, 1.54) is 23.5 Å². The predicted octanol–water partition coefficient (Wildman–Crippen LogP) is 3.56. The smallest absolute Gasteiger partial charge is 0.323 e. The number of ether oxygens (including phenoxy) is 1. The van der Waals surface area contributed by atoms with Crippen LogP contribution in [0.2, 0.25) is 5.02 Å². The van der Waals surface area contributed by atoms with Crippen molar-refractivity contribution in [3.8, 4) is 10.4 Å². The molecule has 1 aromatic carbocycles. The van der Waals surface area contributed by atoms with Crippen LogP contribution in [0.1, 0.15) is 39.3 Å². The summed E-state index contributed by atoms with van der Waals surface area (Å²) in [5.74, 6) is -0.899. The highest BCUT2D eigenvalue weighted by molar-refractivity contribution is 7.90. The van der Waals surface area contributed by atoms with Gasteiger partial charge >= 0.3 is 5.97 Å². The van der Waals surface area contributed by atoms with Gasteiger partial charge in [-0.3, -0.25) is 9.59 Å². The van der Waals surface area contributed by atoms with E-state index in [0.717, 1.165) is 6.26 Å². The minimum absolute atomic E-state index is 0.0214. The molecule has 11 heteroatoms. The summed E-state index contributed by atoms with van der Waals surface area (Å²) >= 11 is 7.22. The lowest BCUT2D eigenvalue weighted by molar-refractivity contribution is -0.156. The van der Waals surface area contributed by atoms with Crippen LogP contribution in [0.15, 0.2) is 23.1 Å². The van der Waals surface area contributed by atoms with E-state index in [1.54, 1.807) is 33.8 Å². The number of sulfone groups is 1. The minimum atomic E-state index is -3.49. The van der Waals surface area contributed by atoms with Crippen molar-refractivity contribution in [3.05, 3.63) is 28.9 Å². The molecule has 170 valence electrons. The van der Waals surface area contributed by atoms with Crippen molar-refractivity contribution in [2.45, 2.75) is 57.1 Å². The van der Waals surface area contributed by atoms with Crippen molar-refractivity contribution < 1.29 is 22.7 Å². The Morgan fingerprint density at radius 1 is 1.32 bits per heavy atom. The van der Waals surface area contributed by atoms with Gasteiger partial charge in [0.05, 0.1) is 20.5 Å². The molecule has 1 atom stereocenters. The summed E-state index contributed by atoms with van der Waals surface area (Å²) in [6.07, 6.45) is 1.24. The van der Waals surface area contributed by atoms with Crippen LogP contribution >= 0.6 is 22.9 Å². The van der Waals surface area contributed by atoms with Crippen molar-refractivity contribution in [1.29, 1.82) is 0 Å². The molecule has 3 N–H and O–H groups in total. The number of aryl methyl sites for hydroxylation is 1. The summed E-state index contributed by atoms with van der Waals surface area (Å²) in [6.45, 7) is 6.99. The number of carbonyl (C=O) groups is 2. The summed E-state index contributed by atoms with van der Waals surface area (Å²) in [4.78, 5) is 29.3. The number of hydrogen-bond acceptors (Lipinski definition) is 8. The molecule has 0 aliphatic carbocycles. The Bertz CT molecular complexity index is 1090. The number of halogens is 1. The van der Waals surface area contributed by atoms with E-state index in [-0.39, 0.29) is 28.7 Å². The number of carbonyl (C=O) groups excluding carboxylic acids is 2. The van der Waals surface area contributed by atoms with Crippen LogP contribution in [0, 0.1) is 6.92 Å². The maximum absolute atomic E-state index is 12.3. The fraction of sp³-hybridized carbons (Fsp3) is 0.450. The Morgan fingerprint density at radius 2 is 1.97 bits per heavy atom. The molecule has 0 spiro atoms. The normalized spacial score (nSPS) is 13.0. The van der Waals surface area contributed by atoms with Gasteiger partial charge in [0.1, 0.15) is 11.6 Å². The number of hydrogen-bond donors (Lipinski definition) is 2. The van der Waals surface area contributed by atoms with Gasteiger partial charge in [0.2, 0.25) is 5.91 Å². The first-order valence-electron chi connectivity index (χ1n) is 9.43. The van der Waals surface area contributed by atoms with E-state index < -0.39 is 27.4 Å². The molecule has 0 unspecified atom stereocenters. The van der Waals surface area contributed by atoms with Crippen LogP contribution < -0.4 is 11.1 Å². The highest BCUT2D eigenvalue weighted by atomic mass is 35.5. The SMILES string of the molecule is Cc1nc(NC(=O)CC[C@@H](N)C(=O)OC(C)(C)C)sc1-c1ccc(Cl)c(S(C)(=O)=O)c1. The number of nitrogens with zero attached hydrogens (tertiary/aromatic N) is 1. The average Bonchev–Trinajstić information content (AvgIpc) is 2.97. The largest absolute Gasteiger partial charge is 0.459 e. The third kappa shape index (κ3) is 7.27. The second kappa shape index (κ2) is 9.64. The maximum Gasteiger partial charge on any atom is 0.323 e. The number of thiazole rings is 1. The summed E-state index contributed by atoms with van der Waals surface area (Å²) < 4.78 is 29.1. The second-order valence-corrected chi connectivity index (χ2v) is 11.5. The van der Waals surface area contributed by atoms with Crippen LogP contribution in [-0.4, -0.2) is 43.2 Å². The quantitative estimate of drug-likeness (QED) is 0.571. The van der Waals surface area contributed by atoms with Gasteiger partial charge in [0, 0.05) is 12.7 Å². The molecule has 1 amide bonds. The minimum Gasteiger partial charge on any atom is -0.459 e.